The van der Waals surface area contributed by atoms with Crippen LogP contribution < -0.4 is 14.2 Å². The molecule has 3 nitrogen and oxygen atoms in total. The fourth-order valence-electron chi connectivity index (χ4n) is 9.64. The Labute approximate surface area is 408 Å². The van der Waals surface area contributed by atoms with E-state index in [1.807, 2.05) is 45.3 Å². The van der Waals surface area contributed by atoms with Crippen LogP contribution in [-0.2, 0) is 0 Å². The van der Waals surface area contributed by atoms with Crippen LogP contribution in [0.1, 0.15) is 197 Å². The average Bonchev–Trinajstić information content (AvgIpc) is 4.09. The second-order valence-electron chi connectivity index (χ2n) is 19.0. The first-order valence-corrected chi connectivity index (χ1v) is 29.5. The standard InChI is InChI=1S/C58H80O3S4/c1-6-9-12-15-18-20-22-24-27-30-33-60-55-47-36-44-35-42(4)62-51(44)39-49(47)56(61-34-31-28-25-23-21-19-16-13-10-7-2)48-37-45-38-53(64-52(45)40-50(48)55)58-57-46(43(5)63-58)41-54(65-57)59-32-29-26-17-14-11-8-3/h35-41H,6-34H2,1-5H3. The first kappa shape index (κ1) is 50.0. The van der Waals surface area contributed by atoms with E-state index in [1.165, 1.54) is 219 Å². The van der Waals surface area contributed by atoms with Crippen molar-refractivity contribution in [3.63, 3.8) is 0 Å². The number of unbranched alkanes of at least 4 members (excludes halogenated alkanes) is 23. The highest BCUT2D eigenvalue weighted by Gasteiger charge is 2.22. The molecule has 0 bridgehead atoms. The minimum absolute atomic E-state index is 0.738. The quantitative estimate of drug-likeness (QED) is 0.0303. The van der Waals surface area contributed by atoms with Gasteiger partial charge in [-0.2, -0.15) is 0 Å². The maximum atomic E-state index is 7.04. The van der Waals surface area contributed by atoms with Gasteiger partial charge in [-0.3, -0.25) is 0 Å². The maximum absolute atomic E-state index is 7.04. The van der Waals surface area contributed by atoms with Crippen LogP contribution >= 0.6 is 45.3 Å². The molecule has 7 aromatic rings. The predicted octanol–water partition coefficient (Wildman–Crippen LogP) is 21.3. The van der Waals surface area contributed by atoms with Crippen molar-refractivity contribution in [3.05, 3.63) is 52.2 Å². The molecule has 3 aromatic carbocycles. The first-order chi connectivity index (χ1) is 32.0. The smallest absolute Gasteiger partial charge is 0.175 e. The molecule has 0 saturated heterocycles. The fourth-order valence-corrected chi connectivity index (χ4v) is 14.2. The summed E-state index contributed by atoms with van der Waals surface area (Å²) < 4.78 is 24.4. The zero-order valence-corrected chi connectivity index (χ0v) is 44.2. The van der Waals surface area contributed by atoms with E-state index in [1.54, 1.807) is 0 Å². The lowest BCUT2D eigenvalue weighted by atomic mass is 9.98. The summed E-state index contributed by atoms with van der Waals surface area (Å²) in [5, 5.41) is 9.73. The van der Waals surface area contributed by atoms with E-state index in [2.05, 4.69) is 77.1 Å². The van der Waals surface area contributed by atoms with Gasteiger partial charge in [0.25, 0.3) is 0 Å². The number of aryl methyl sites for hydroxylation is 2. The summed E-state index contributed by atoms with van der Waals surface area (Å²) in [5.41, 5.74) is 0. The molecule has 0 aliphatic carbocycles. The Hall–Kier alpha value is -2.84. The Morgan fingerprint density at radius 1 is 0.369 bits per heavy atom. The van der Waals surface area contributed by atoms with Gasteiger partial charge in [-0.1, -0.05) is 180 Å². The van der Waals surface area contributed by atoms with Crippen molar-refractivity contribution in [1.29, 1.82) is 0 Å². The molecule has 4 heterocycles. The van der Waals surface area contributed by atoms with Crippen LogP contribution in [0.25, 0.3) is 61.6 Å². The first-order valence-electron chi connectivity index (χ1n) is 26.3. The third-order valence-electron chi connectivity index (χ3n) is 13.4. The number of hydrogen-bond donors (Lipinski definition) is 0. The number of rotatable bonds is 33. The van der Waals surface area contributed by atoms with Crippen LogP contribution in [0.4, 0.5) is 0 Å². The van der Waals surface area contributed by atoms with E-state index < -0.39 is 0 Å². The lowest BCUT2D eigenvalue weighted by molar-refractivity contribution is 0.306. The highest BCUT2D eigenvalue weighted by Crippen LogP contribution is 2.51. The third-order valence-corrected chi connectivity index (χ3v) is 18.0. The molecule has 354 valence electrons. The Morgan fingerprint density at radius 3 is 1.28 bits per heavy atom. The second kappa shape index (κ2) is 26.6. The number of benzene rings is 3. The van der Waals surface area contributed by atoms with Crippen LogP contribution in [0.5, 0.6) is 16.6 Å². The van der Waals surface area contributed by atoms with Gasteiger partial charge in [-0.25, -0.2) is 0 Å². The maximum Gasteiger partial charge on any atom is 0.175 e. The van der Waals surface area contributed by atoms with Gasteiger partial charge in [0.2, 0.25) is 0 Å². The average molecular weight is 954 g/mol. The number of ether oxygens (including phenoxy) is 3. The Morgan fingerprint density at radius 2 is 0.785 bits per heavy atom. The molecule has 0 N–H and O–H groups in total. The molecule has 0 spiro atoms. The Balaban J connectivity index is 1.15. The molecule has 0 atom stereocenters. The van der Waals surface area contributed by atoms with Gasteiger partial charge < -0.3 is 14.2 Å². The zero-order valence-electron chi connectivity index (χ0n) is 40.9. The van der Waals surface area contributed by atoms with Crippen molar-refractivity contribution >= 4 is 97.2 Å². The van der Waals surface area contributed by atoms with Crippen molar-refractivity contribution in [3.8, 4) is 26.3 Å². The molecule has 0 saturated carbocycles. The molecular weight excluding hydrogens is 873 g/mol. The summed E-state index contributed by atoms with van der Waals surface area (Å²) in [5.74, 6) is 2.05. The van der Waals surface area contributed by atoms with Gasteiger partial charge >= 0.3 is 0 Å². The van der Waals surface area contributed by atoms with Crippen molar-refractivity contribution in [1.82, 2.24) is 0 Å². The number of hydrogen-bond acceptors (Lipinski definition) is 7. The summed E-state index contributed by atoms with van der Waals surface area (Å²) >= 11 is 7.57. The molecule has 0 aliphatic rings. The molecule has 0 fully saturated rings. The molecule has 0 radical (unpaired) electrons. The van der Waals surface area contributed by atoms with Crippen LogP contribution in [0.2, 0.25) is 0 Å². The zero-order chi connectivity index (χ0) is 45.2. The number of fused-ring (bicyclic) bond motifs is 5. The van der Waals surface area contributed by atoms with E-state index in [4.69, 9.17) is 14.2 Å². The minimum atomic E-state index is 0.738. The van der Waals surface area contributed by atoms with Gasteiger partial charge in [-0.05, 0) is 80.3 Å². The molecule has 0 amide bonds. The molecule has 7 rings (SSSR count). The molecule has 65 heavy (non-hydrogen) atoms. The minimum Gasteiger partial charge on any atom is -0.492 e. The second-order valence-corrected chi connectivity index (χ2v) is 23.6. The molecule has 7 heteroatoms. The SMILES string of the molecule is CCCCCCCCCCCCOc1c2cc3cc(-c4sc(C)c5cc(OCCCCCCCC)sc45)sc3cc2c(OCCCCCCCCCCCC)c2cc3cc(C)sc3cc12. The third kappa shape index (κ3) is 13.9. The van der Waals surface area contributed by atoms with Crippen molar-refractivity contribution < 1.29 is 14.2 Å². The monoisotopic (exact) mass is 952 g/mol. The van der Waals surface area contributed by atoms with Gasteiger partial charge in [0.05, 0.1) is 29.4 Å². The number of thiophene rings is 4. The highest BCUT2D eigenvalue weighted by atomic mass is 32.1. The summed E-state index contributed by atoms with van der Waals surface area (Å²) in [6.45, 7) is 13.7. The fraction of sp³-hybridized carbons (Fsp3) is 0.586. The van der Waals surface area contributed by atoms with E-state index in [0.29, 0.717) is 0 Å². The van der Waals surface area contributed by atoms with Gasteiger partial charge in [-0.15, -0.1) is 34.0 Å². The van der Waals surface area contributed by atoms with E-state index in [-0.39, 0.29) is 0 Å². The molecular formula is C58H80O3S4. The molecule has 0 unspecified atom stereocenters. The van der Waals surface area contributed by atoms with Crippen molar-refractivity contribution in [2.75, 3.05) is 19.8 Å². The Bertz CT molecular complexity index is 2380. The predicted molar refractivity (Wildman–Crippen MR) is 294 cm³/mol. The van der Waals surface area contributed by atoms with E-state index in [9.17, 15) is 0 Å². The summed E-state index contributed by atoms with van der Waals surface area (Å²) in [4.78, 5) is 5.42. The largest absolute Gasteiger partial charge is 0.492 e. The van der Waals surface area contributed by atoms with E-state index >= 15 is 0 Å². The van der Waals surface area contributed by atoms with Crippen LogP contribution in [0.15, 0.2) is 42.5 Å². The Kier molecular flexibility index (Phi) is 20.5. The van der Waals surface area contributed by atoms with Crippen LogP contribution in [-0.4, -0.2) is 19.8 Å². The highest BCUT2D eigenvalue weighted by molar-refractivity contribution is 7.31. The van der Waals surface area contributed by atoms with Crippen LogP contribution in [0.3, 0.4) is 0 Å². The lowest BCUT2D eigenvalue weighted by Gasteiger charge is -2.19. The lowest BCUT2D eigenvalue weighted by Crippen LogP contribution is -2.02. The summed E-state index contributed by atoms with van der Waals surface area (Å²) in [6, 6.07) is 16.7. The summed E-state index contributed by atoms with van der Waals surface area (Å²) in [7, 11) is 0. The normalized spacial score (nSPS) is 12.0. The van der Waals surface area contributed by atoms with Crippen LogP contribution in [0, 0.1) is 13.8 Å². The van der Waals surface area contributed by atoms with Crippen molar-refractivity contribution in [2.24, 2.45) is 0 Å². The van der Waals surface area contributed by atoms with Gasteiger partial charge in [0.1, 0.15) is 11.5 Å². The summed E-state index contributed by atoms with van der Waals surface area (Å²) in [6.07, 6.45) is 34.1. The van der Waals surface area contributed by atoms with Gasteiger partial charge in [0, 0.05) is 57.0 Å². The topological polar surface area (TPSA) is 27.7 Å². The van der Waals surface area contributed by atoms with Gasteiger partial charge in [0.15, 0.2) is 5.06 Å². The molecule has 4 aromatic heterocycles. The molecule has 0 aliphatic heterocycles. The van der Waals surface area contributed by atoms with E-state index in [0.717, 1.165) is 55.6 Å². The van der Waals surface area contributed by atoms with Crippen molar-refractivity contribution in [2.45, 2.75) is 202 Å².